The average molecular weight is 264 g/mol. The van der Waals surface area contributed by atoms with Crippen LogP contribution in [-0.4, -0.2) is 37.0 Å². The van der Waals surface area contributed by atoms with Gasteiger partial charge in [0.05, 0.1) is 13.5 Å². The quantitative estimate of drug-likeness (QED) is 0.783. The Morgan fingerprint density at radius 1 is 1.26 bits per heavy atom. The maximum atomic E-state index is 12.2. The number of nitrogens with two attached hydrogens (primary N) is 1. The summed E-state index contributed by atoms with van der Waals surface area (Å²) in [6.07, 6.45) is 0.205. The largest absolute Gasteiger partial charge is 0.469 e. The molecule has 0 spiro atoms. The number of esters is 1. The first-order valence-corrected chi connectivity index (χ1v) is 6.27. The molecule has 2 N–H and O–H groups in total. The molecule has 0 unspecified atom stereocenters. The smallest absolute Gasteiger partial charge is 0.307 e. The van der Waals surface area contributed by atoms with Crippen LogP contribution in [0.3, 0.4) is 0 Å². The first-order valence-electron chi connectivity index (χ1n) is 6.27. The summed E-state index contributed by atoms with van der Waals surface area (Å²) >= 11 is 0. The zero-order chi connectivity index (χ0) is 14.3. The van der Waals surface area contributed by atoms with Crippen molar-refractivity contribution in [3.8, 4) is 0 Å². The normalized spacial score (nSPS) is 10.1. The van der Waals surface area contributed by atoms with Gasteiger partial charge in [-0.15, -0.1) is 0 Å². The number of amides is 1. The molecular weight excluding hydrogens is 244 g/mol. The molecule has 104 valence electrons. The lowest BCUT2D eigenvalue weighted by Gasteiger charge is -2.20. The Labute approximate surface area is 113 Å². The van der Waals surface area contributed by atoms with Gasteiger partial charge in [-0.3, -0.25) is 9.59 Å². The summed E-state index contributed by atoms with van der Waals surface area (Å²) in [5.41, 5.74) is 7.09. The molecule has 0 aliphatic carbocycles. The van der Waals surface area contributed by atoms with Gasteiger partial charge in [-0.2, -0.15) is 0 Å². The van der Waals surface area contributed by atoms with Gasteiger partial charge in [-0.05, 0) is 24.6 Å². The van der Waals surface area contributed by atoms with Gasteiger partial charge in [0.1, 0.15) is 0 Å². The van der Waals surface area contributed by atoms with Crippen molar-refractivity contribution < 1.29 is 14.3 Å². The van der Waals surface area contributed by atoms with Gasteiger partial charge >= 0.3 is 5.97 Å². The van der Waals surface area contributed by atoms with E-state index in [1.807, 2.05) is 19.1 Å². The van der Waals surface area contributed by atoms with Crippen molar-refractivity contribution in [3.63, 3.8) is 0 Å². The van der Waals surface area contributed by atoms with Gasteiger partial charge in [-0.25, -0.2) is 0 Å². The molecule has 1 aromatic rings. The number of hydrogen-bond donors (Lipinski definition) is 1. The van der Waals surface area contributed by atoms with E-state index >= 15 is 0 Å². The van der Waals surface area contributed by atoms with Gasteiger partial charge in [0.2, 0.25) is 0 Å². The van der Waals surface area contributed by atoms with Crippen LogP contribution < -0.4 is 5.73 Å². The van der Waals surface area contributed by atoms with Crippen LogP contribution in [0.4, 0.5) is 0 Å². The van der Waals surface area contributed by atoms with E-state index in [1.165, 1.54) is 7.11 Å². The second-order valence-corrected chi connectivity index (χ2v) is 4.11. The number of methoxy groups -OCH3 is 1. The van der Waals surface area contributed by atoms with Crippen LogP contribution in [0.25, 0.3) is 0 Å². The van der Waals surface area contributed by atoms with Gasteiger partial charge in [0, 0.05) is 25.2 Å². The van der Waals surface area contributed by atoms with E-state index in [2.05, 4.69) is 4.74 Å². The van der Waals surface area contributed by atoms with Gasteiger partial charge < -0.3 is 15.4 Å². The minimum absolute atomic E-state index is 0.0880. The molecule has 0 radical (unpaired) electrons. The highest BCUT2D eigenvalue weighted by atomic mass is 16.5. The maximum Gasteiger partial charge on any atom is 0.307 e. The third kappa shape index (κ3) is 4.37. The molecule has 5 nitrogen and oxygen atoms in total. The Hall–Kier alpha value is -1.88. The zero-order valence-corrected chi connectivity index (χ0v) is 11.4. The predicted octanol–water partition coefficient (Wildman–Crippen LogP) is 1.17. The van der Waals surface area contributed by atoms with E-state index in [0.717, 1.165) is 5.56 Å². The standard InChI is InChI=1S/C14H20N2O3/c1-3-16(9-8-13(17)19-2)14(18)12-6-4-11(10-15)5-7-12/h4-7H,3,8-10,15H2,1-2H3. The maximum absolute atomic E-state index is 12.2. The minimum atomic E-state index is -0.315. The molecule has 0 saturated carbocycles. The highest BCUT2D eigenvalue weighted by Crippen LogP contribution is 2.08. The van der Waals surface area contributed by atoms with Crippen molar-refractivity contribution in [3.05, 3.63) is 35.4 Å². The Kier molecular flexibility index (Phi) is 6.02. The minimum Gasteiger partial charge on any atom is -0.469 e. The summed E-state index contributed by atoms with van der Waals surface area (Å²) < 4.78 is 4.57. The van der Waals surface area contributed by atoms with Crippen molar-refractivity contribution >= 4 is 11.9 Å². The van der Waals surface area contributed by atoms with E-state index in [0.29, 0.717) is 25.2 Å². The fourth-order valence-corrected chi connectivity index (χ4v) is 1.70. The van der Waals surface area contributed by atoms with Crippen LogP contribution in [0, 0.1) is 0 Å². The molecule has 0 saturated heterocycles. The first kappa shape index (κ1) is 15.2. The lowest BCUT2D eigenvalue weighted by atomic mass is 10.1. The number of nitrogens with zero attached hydrogens (tertiary/aromatic N) is 1. The molecule has 0 atom stereocenters. The van der Waals surface area contributed by atoms with Crippen LogP contribution >= 0.6 is 0 Å². The van der Waals surface area contributed by atoms with Crippen LogP contribution in [0.2, 0.25) is 0 Å². The summed E-state index contributed by atoms with van der Waals surface area (Å²) in [5, 5.41) is 0. The van der Waals surface area contributed by atoms with Crippen molar-refractivity contribution in [2.24, 2.45) is 5.73 Å². The second-order valence-electron chi connectivity index (χ2n) is 4.11. The second kappa shape index (κ2) is 7.53. The van der Waals surface area contributed by atoms with Gasteiger partial charge in [-0.1, -0.05) is 12.1 Å². The monoisotopic (exact) mass is 264 g/mol. The Bertz CT molecular complexity index is 429. The predicted molar refractivity (Wildman–Crippen MR) is 72.5 cm³/mol. The highest BCUT2D eigenvalue weighted by molar-refractivity contribution is 5.94. The van der Waals surface area contributed by atoms with Crippen molar-refractivity contribution in [1.29, 1.82) is 0 Å². The lowest BCUT2D eigenvalue weighted by molar-refractivity contribution is -0.140. The zero-order valence-electron chi connectivity index (χ0n) is 11.4. The van der Waals surface area contributed by atoms with E-state index in [9.17, 15) is 9.59 Å². The molecule has 0 fully saturated rings. The number of ether oxygens (including phenoxy) is 1. The lowest BCUT2D eigenvalue weighted by Crippen LogP contribution is -2.33. The number of benzene rings is 1. The third-order valence-electron chi connectivity index (χ3n) is 2.92. The van der Waals surface area contributed by atoms with E-state index in [-0.39, 0.29) is 18.3 Å². The molecule has 0 aliphatic heterocycles. The van der Waals surface area contributed by atoms with Crippen molar-refractivity contribution in [2.45, 2.75) is 19.9 Å². The number of rotatable bonds is 6. The Morgan fingerprint density at radius 2 is 1.89 bits per heavy atom. The molecule has 0 heterocycles. The van der Waals surface area contributed by atoms with Crippen LogP contribution in [0.1, 0.15) is 29.3 Å². The summed E-state index contributed by atoms with van der Waals surface area (Å²) in [6, 6.07) is 7.18. The summed E-state index contributed by atoms with van der Waals surface area (Å²) in [4.78, 5) is 24.9. The van der Waals surface area contributed by atoms with Crippen LogP contribution in [-0.2, 0) is 16.1 Å². The van der Waals surface area contributed by atoms with Gasteiger partial charge in [0.25, 0.3) is 5.91 Å². The van der Waals surface area contributed by atoms with E-state index in [1.54, 1.807) is 17.0 Å². The molecular formula is C14H20N2O3. The molecule has 19 heavy (non-hydrogen) atoms. The number of hydrogen-bond acceptors (Lipinski definition) is 4. The first-order chi connectivity index (χ1) is 9.12. The molecule has 5 heteroatoms. The average Bonchev–Trinajstić information content (AvgIpc) is 2.47. The molecule has 1 rings (SSSR count). The van der Waals surface area contributed by atoms with Crippen LogP contribution in [0.15, 0.2) is 24.3 Å². The third-order valence-corrected chi connectivity index (χ3v) is 2.92. The van der Waals surface area contributed by atoms with E-state index in [4.69, 9.17) is 5.73 Å². The molecule has 0 aromatic heterocycles. The molecule has 0 aliphatic rings. The molecule has 0 bridgehead atoms. The fourth-order valence-electron chi connectivity index (χ4n) is 1.70. The fraction of sp³-hybridized carbons (Fsp3) is 0.429. The summed E-state index contributed by atoms with van der Waals surface area (Å²) in [6.45, 7) is 3.24. The van der Waals surface area contributed by atoms with E-state index < -0.39 is 0 Å². The van der Waals surface area contributed by atoms with Crippen LogP contribution in [0.5, 0.6) is 0 Å². The number of carbonyl (C=O) groups is 2. The molecule has 1 aromatic carbocycles. The summed E-state index contributed by atoms with van der Waals surface area (Å²) in [7, 11) is 1.34. The van der Waals surface area contributed by atoms with Gasteiger partial charge in [0.15, 0.2) is 0 Å². The van der Waals surface area contributed by atoms with Crippen molar-refractivity contribution in [2.75, 3.05) is 20.2 Å². The topological polar surface area (TPSA) is 72.6 Å². The Morgan fingerprint density at radius 3 is 2.37 bits per heavy atom. The molecule has 1 amide bonds. The Balaban J connectivity index is 2.68. The number of carbonyl (C=O) groups excluding carboxylic acids is 2. The highest BCUT2D eigenvalue weighted by Gasteiger charge is 2.15. The van der Waals surface area contributed by atoms with Crippen molar-refractivity contribution in [1.82, 2.24) is 4.90 Å². The summed E-state index contributed by atoms with van der Waals surface area (Å²) in [5.74, 6) is -0.403. The SMILES string of the molecule is CCN(CCC(=O)OC)C(=O)c1ccc(CN)cc1.